The molecular weight excluding hydrogens is 502 g/mol. The van der Waals surface area contributed by atoms with Crippen molar-refractivity contribution in [3.05, 3.63) is 48.2 Å². The number of thioether (sulfide) groups is 1. The second-order valence-corrected chi connectivity index (χ2v) is 14.3. The highest BCUT2D eigenvalue weighted by Crippen LogP contribution is 2.67. The fourth-order valence-corrected chi connectivity index (χ4v) is 10.4. The van der Waals surface area contributed by atoms with Gasteiger partial charge in [-0.05, 0) is 73.3 Å². The highest BCUT2D eigenvalue weighted by Gasteiger charge is 2.68. The Balaban J connectivity index is 1.20. The fraction of sp³-hybridized carbons (Fsp3) is 0.567. The Labute approximate surface area is 226 Å². The van der Waals surface area contributed by atoms with Gasteiger partial charge in [0.15, 0.2) is 15.9 Å². The first-order valence-electron chi connectivity index (χ1n) is 13.5. The van der Waals surface area contributed by atoms with Crippen LogP contribution in [-0.2, 0) is 9.59 Å². The van der Waals surface area contributed by atoms with Crippen LogP contribution in [0, 0.1) is 28.6 Å². The summed E-state index contributed by atoms with van der Waals surface area (Å²) in [5.74, 6) is 0.770. The van der Waals surface area contributed by atoms with Crippen molar-refractivity contribution in [2.24, 2.45) is 28.6 Å². The van der Waals surface area contributed by atoms with Gasteiger partial charge in [-0.2, -0.15) is 0 Å². The zero-order chi connectivity index (χ0) is 26.0. The molecule has 7 heteroatoms. The van der Waals surface area contributed by atoms with Gasteiger partial charge in [0.1, 0.15) is 5.60 Å². The molecule has 3 fully saturated rings. The van der Waals surface area contributed by atoms with Gasteiger partial charge in [0.25, 0.3) is 0 Å². The Kier molecular flexibility index (Phi) is 6.30. The third-order valence-electron chi connectivity index (χ3n) is 10.4. The highest BCUT2D eigenvalue weighted by molar-refractivity contribution is 8.01. The molecule has 4 aliphatic carbocycles. The first-order valence-corrected chi connectivity index (χ1v) is 15.3. The Morgan fingerprint density at radius 1 is 1.16 bits per heavy atom. The zero-order valence-electron chi connectivity index (χ0n) is 21.5. The SMILES string of the molecule is CC12CCC(=O)C=C1CCC1C2[C@@H](O)CC2(C)C1CC[C@]2(O)C(=O)CSc1ncc(-c2ccccc2)s1. The molecule has 5 unspecified atom stereocenters. The summed E-state index contributed by atoms with van der Waals surface area (Å²) in [5, 5.41) is 23.5. The number of benzene rings is 1. The van der Waals surface area contributed by atoms with Gasteiger partial charge in [-0.1, -0.05) is 61.5 Å². The number of hydrogen-bond acceptors (Lipinski definition) is 7. The molecule has 0 saturated heterocycles. The number of aliphatic hydroxyl groups excluding tert-OH is 1. The van der Waals surface area contributed by atoms with E-state index in [1.165, 1.54) is 17.3 Å². The van der Waals surface area contributed by atoms with Crippen molar-refractivity contribution in [1.29, 1.82) is 0 Å². The molecule has 7 atom stereocenters. The molecule has 6 rings (SSSR count). The van der Waals surface area contributed by atoms with E-state index < -0.39 is 17.1 Å². The lowest BCUT2D eigenvalue weighted by Crippen LogP contribution is -2.61. The first kappa shape index (κ1) is 25.5. The van der Waals surface area contributed by atoms with Gasteiger partial charge in [0.2, 0.25) is 0 Å². The standard InChI is InChI=1S/C30H35NO4S2/c1-28-12-10-20(32)14-19(28)8-9-21-22-11-13-30(35,29(22,2)15-23(33)26(21)28)25(34)17-36-27-31-16-24(37-27)18-6-4-3-5-7-18/h3-7,14,16,21-23,26,33,35H,8-13,15,17H2,1-2H3/t21?,22?,23-,26?,28?,29?,30-/m0/s1. The maximum absolute atomic E-state index is 13.6. The fourth-order valence-electron chi connectivity index (χ4n) is 8.46. The number of aliphatic hydroxyl groups is 2. The van der Waals surface area contributed by atoms with Crippen molar-refractivity contribution in [1.82, 2.24) is 4.98 Å². The number of aromatic nitrogens is 1. The molecule has 0 aliphatic heterocycles. The minimum atomic E-state index is -1.43. The van der Waals surface area contributed by atoms with Gasteiger partial charge in [-0.3, -0.25) is 9.59 Å². The van der Waals surface area contributed by atoms with Crippen molar-refractivity contribution in [3.63, 3.8) is 0 Å². The molecule has 2 aromatic rings. The van der Waals surface area contributed by atoms with Crippen LogP contribution >= 0.6 is 23.1 Å². The average Bonchev–Trinajstić information content (AvgIpc) is 3.46. The van der Waals surface area contributed by atoms with Crippen molar-refractivity contribution in [2.75, 3.05) is 5.75 Å². The Morgan fingerprint density at radius 3 is 2.73 bits per heavy atom. The lowest BCUT2D eigenvalue weighted by Gasteiger charge is -2.60. The quantitative estimate of drug-likeness (QED) is 0.476. The monoisotopic (exact) mass is 537 g/mol. The molecule has 0 radical (unpaired) electrons. The van der Waals surface area contributed by atoms with E-state index in [4.69, 9.17) is 0 Å². The molecule has 0 spiro atoms. The lowest BCUT2D eigenvalue weighted by atomic mass is 9.45. The summed E-state index contributed by atoms with van der Waals surface area (Å²) in [7, 11) is 0. The summed E-state index contributed by atoms with van der Waals surface area (Å²) >= 11 is 2.97. The molecule has 2 N–H and O–H groups in total. The van der Waals surface area contributed by atoms with Crippen LogP contribution in [0.1, 0.15) is 58.8 Å². The molecule has 0 amide bonds. The second-order valence-electron chi connectivity index (χ2n) is 12.0. The molecule has 1 aromatic heterocycles. The zero-order valence-corrected chi connectivity index (χ0v) is 23.1. The third kappa shape index (κ3) is 3.91. The molecule has 5 nitrogen and oxygen atoms in total. The molecule has 1 heterocycles. The van der Waals surface area contributed by atoms with Crippen LogP contribution in [0.5, 0.6) is 0 Å². The number of carbonyl (C=O) groups is 2. The Bertz CT molecular complexity index is 1260. The predicted octanol–water partition coefficient (Wildman–Crippen LogP) is 5.71. The predicted molar refractivity (Wildman–Crippen MR) is 146 cm³/mol. The van der Waals surface area contributed by atoms with Crippen LogP contribution in [0.25, 0.3) is 10.4 Å². The average molecular weight is 538 g/mol. The van der Waals surface area contributed by atoms with Crippen LogP contribution in [0.3, 0.4) is 0 Å². The number of nitrogens with zero attached hydrogens (tertiary/aromatic N) is 1. The van der Waals surface area contributed by atoms with Crippen molar-refractivity contribution in [3.8, 4) is 10.4 Å². The van der Waals surface area contributed by atoms with Crippen LogP contribution < -0.4 is 0 Å². The maximum atomic E-state index is 13.6. The van der Waals surface area contributed by atoms with Crippen molar-refractivity contribution >= 4 is 34.7 Å². The summed E-state index contributed by atoms with van der Waals surface area (Å²) in [4.78, 5) is 31.3. The molecule has 37 heavy (non-hydrogen) atoms. The topological polar surface area (TPSA) is 87.5 Å². The van der Waals surface area contributed by atoms with Gasteiger partial charge in [-0.15, -0.1) is 11.3 Å². The van der Waals surface area contributed by atoms with Gasteiger partial charge >= 0.3 is 0 Å². The van der Waals surface area contributed by atoms with E-state index >= 15 is 0 Å². The summed E-state index contributed by atoms with van der Waals surface area (Å²) in [6.07, 6.45) is 7.90. The van der Waals surface area contributed by atoms with E-state index in [0.717, 1.165) is 40.5 Å². The highest BCUT2D eigenvalue weighted by atomic mass is 32.2. The third-order valence-corrected chi connectivity index (χ3v) is 12.6. The van der Waals surface area contributed by atoms with E-state index in [0.29, 0.717) is 19.3 Å². The van der Waals surface area contributed by atoms with Crippen molar-refractivity contribution in [2.45, 2.75) is 74.8 Å². The smallest absolute Gasteiger partial charge is 0.175 e. The number of thiazole rings is 1. The minimum absolute atomic E-state index is 0.0808. The second kappa shape index (κ2) is 9.15. The number of fused-ring (bicyclic) bond motifs is 5. The largest absolute Gasteiger partial charge is 0.393 e. The molecule has 0 bridgehead atoms. The lowest BCUT2D eigenvalue weighted by molar-refractivity contribution is -0.178. The molecular formula is C30H35NO4S2. The number of ketones is 2. The normalized spacial score (nSPS) is 38.9. The molecule has 1 aromatic carbocycles. The maximum Gasteiger partial charge on any atom is 0.175 e. The summed E-state index contributed by atoms with van der Waals surface area (Å²) in [6, 6.07) is 10.1. The summed E-state index contributed by atoms with van der Waals surface area (Å²) in [5.41, 5.74) is 0.0578. The first-order chi connectivity index (χ1) is 17.7. The van der Waals surface area contributed by atoms with Crippen LogP contribution in [0.2, 0.25) is 0 Å². The van der Waals surface area contributed by atoms with Gasteiger partial charge < -0.3 is 10.2 Å². The summed E-state index contributed by atoms with van der Waals surface area (Å²) < 4.78 is 0.825. The number of Topliss-reactive ketones (excluding diaryl/α,β-unsaturated/α-hetero) is 1. The van der Waals surface area contributed by atoms with E-state index in [9.17, 15) is 19.8 Å². The Hall–Kier alpha value is -1.80. The van der Waals surface area contributed by atoms with E-state index in [-0.39, 0.29) is 40.5 Å². The van der Waals surface area contributed by atoms with Crippen LogP contribution in [0.15, 0.2) is 52.5 Å². The molecule has 3 saturated carbocycles. The van der Waals surface area contributed by atoms with Crippen LogP contribution in [-0.4, -0.2) is 44.2 Å². The van der Waals surface area contributed by atoms with Gasteiger partial charge in [0, 0.05) is 18.0 Å². The molecule has 196 valence electrons. The Morgan fingerprint density at radius 2 is 1.95 bits per heavy atom. The van der Waals surface area contributed by atoms with Crippen LogP contribution in [0.4, 0.5) is 0 Å². The molecule has 4 aliphatic rings. The summed E-state index contributed by atoms with van der Waals surface area (Å²) in [6.45, 7) is 4.27. The number of carbonyl (C=O) groups excluding carboxylic acids is 2. The number of allylic oxidation sites excluding steroid dienone is 1. The van der Waals surface area contributed by atoms with Crippen molar-refractivity contribution < 1.29 is 19.8 Å². The number of rotatable bonds is 5. The van der Waals surface area contributed by atoms with E-state index in [1.807, 2.05) is 49.5 Å². The van der Waals surface area contributed by atoms with Gasteiger partial charge in [0.05, 0.1) is 16.7 Å². The van der Waals surface area contributed by atoms with E-state index in [2.05, 4.69) is 11.9 Å². The number of hydrogen-bond donors (Lipinski definition) is 2. The minimum Gasteiger partial charge on any atom is -0.393 e. The van der Waals surface area contributed by atoms with Gasteiger partial charge in [-0.25, -0.2) is 4.98 Å². The van der Waals surface area contributed by atoms with E-state index in [1.54, 1.807) is 11.3 Å².